The van der Waals surface area contributed by atoms with E-state index in [9.17, 15) is 4.79 Å². The fourth-order valence-electron chi connectivity index (χ4n) is 2.98. The van der Waals surface area contributed by atoms with Gasteiger partial charge in [0.25, 0.3) is 0 Å². The van der Waals surface area contributed by atoms with Crippen molar-refractivity contribution in [2.24, 2.45) is 0 Å². The number of aromatic nitrogens is 1. The van der Waals surface area contributed by atoms with Gasteiger partial charge in [0.2, 0.25) is 5.91 Å². The van der Waals surface area contributed by atoms with Crippen molar-refractivity contribution in [1.29, 1.82) is 0 Å². The molecule has 0 aliphatic heterocycles. The lowest BCUT2D eigenvalue weighted by Gasteiger charge is -2.10. The number of hydrogen-bond acceptors (Lipinski definition) is 4. The van der Waals surface area contributed by atoms with E-state index in [2.05, 4.69) is 29.4 Å². The molecule has 130 valence electrons. The molecule has 0 atom stereocenters. The summed E-state index contributed by atoms with van der Waals surface area (Å²) < 4.78 is 6.12. The average Bonchev–Trinajstić information content (AvgIpc) is 2.95. The molecule has 0 fully saturated rings. The van der Waals surface area contributed by atoms with Crippen LogP contribution in [0, 0.1) is 20.8 Å². The summed E-state index contributed by atoms with van der Waals surface area (Å²) in [6.45, 7) is 6.12. The minimum absolute atomic E-state index is 0.0933. The molecule has 3 rings (SSSR count). The molecule has 0 saturated heterocycles. The van der Waals surface area contributed by atoms with Crippen molar-refractivity contribution in [3.05, 3.63) is 51.5 Å². The summed E-state index contributed by atoms with van der Waals surface area (Å²) in [4.78, 5) is 16.9. The van der Waals surface area contributed by atoms with Gasteiger partial charge in [0.1, 0.15) is 11.3 Å². The van der Waals surface area contributed by atoms with Gasteiger partial charge in [0.15, 0.2) is 5.13 Å². The molecule has 0 aliphatic carbocycles. The first-order chi connectivity index (χ1) is 11.9. The van der Waals surface area contributed by atoms with Gasteiger partial charge in [-0.2, -0.15) is 0 Å². The standard InChI is InChI=1S/C19H19ClN2O2S/c1-10-7-11(2)13(12(3)8-10)9-16(23)21-19-22-17-15(24-4)6-5-14(20)18(17)25-19/h5-8H,9H2,1-4H3,(H,21,22,23). The van der Waals surface area contributed by atoms with Crippen LogP contribution in [0.15, 0.2) is 24.3 Å². The van der Waals surface area contributed by atoms with E-state index in [-0.39, 0.29) is 5.91 Å². The van der Waals surface area contributed by atoms with Crippen molar-refractivity contribution in [3.63, 3.8) is 0 Å². The highest BCUT2D eigenvalue weighted by Gasteiger charge is 2.15. The molecular formula is C19H19ClN2O2S. The van der Waals surface area contributed by atoms with Crippen molar-refractivity contribution in [3.8, 4) is 5.75 Å². The van der Waals surface area contributed by atoms with E-state index >= 15 is 0 Å². The minimum atomic E-state index is -0.0933. The number of rotatable bonds is 4. The summed E-state index contributed by atoms with van der Waals surface area (Å²) in [6, 6.07) is 7.73. The summed E-state index contributed by atoms with van der Waals surface area (Å²) in [5.74, 6) is 0.547. The Labute approximate surface area is 155 Å². The Kier molecular flexibility index (Phi) is 4.97. The lowest BCUT2D eigenvalue weighted by molar-refractivity contribution is -0.115. The van der Waals surface area contributed by atoms with E-state index in [1.165, 1.54) is 16.9 Å². The normalized spacial score (nSPS) is 10.9. The number of ether oxygens (including phenoxy) is 1. The van der Waals surface area contributed by atoms with Crippen LogP contribution in [0.2, 0.25) is 5.02 Å². The summed E-state index contributed by atoms with van der Waals surface area (Å²) in [5, 5.41) is 4.00. The Bertz CT molecular complexity index is 942. The number of thiazole rings is 1. The molecule has 0 radical (unpaired) electrons. The number of nitrogens with zero attached hydrogens (tertiary/aromatic N) is 1. The van der Waals surface area contributed by atoms with Gasteiger partial charge >= 0.3 is 0 Å². The molecule has 25 heavy (non-hydrogen) atoms. The van der Waals surface area contributed by atoms with Crippen LogP contribution in [-0.4, -0.2) is 18.0 Å². The quantitative estimate of drug-likeness (QED) is 0.694. The zero-order valence-electron chi connectivity index (χ0n) is 14.6. The van der Waals surface area contributed by atoms with E-state index in [4.69, 9.17) is 16.3 Å². The average molecular weight is 375 g/mol. The fourth-order valence-corrected chi connectivity index (χ4v) is 4.16. The Morgan fingerprint density at radius 3 is 2.56 bits per heavy atom. The number of hydrogen-bond donors (Lipinski definition) is 1. The lowest BCUT2D eigenvalue weighted by Crippen LogP contribution is -2.15. The van der Waals surface area contributed by atoms with Crippen LogP contribution in [0.4, 0.5) is 5.13 Å². The summed E-state index contributed by atoms with van der Waals surface area (Å²) in [7, 11) is 1.59. The van der Waals surface area contributed by atoms with E-state index in [0.717, 1.165) is 21.4 Å². The zero-order chi connectivity index (χ0) is 18.1. The van der Waals surface area contributed by atoms with Crippen molar-refractivity contribution < 1.29 is 9.53 Å². The molecule has 1 N–H and O–H groups in total. The smallest absolute Gasteiger partial charge is 0.230 e. The predicted molar refractivity (Wildman–Crippen MR) is 104 cm³/mol. The number of halogens is 1. The van der Waals surface area contributed by atoms with Gasteiger partial charge < -0.3 is 10.1 Å². The van der Waals surface area contributed by atoms with Crippen molar-refractivity contribution >= 4 is 44.2 Å². The number of anilines is 1. The van der Waals surface area contributed by atoms with Crippen LogP contribution in [0.1, 0.15) is 22.3 Å². The van der Waals surface area contributed by atoms with Gasteiger partial charge in [0.05, 0.1) is 23.3 Å². The Morgan fingerprint density at radius 1 is 1.24 bits per heavy atom. The van der Waals surface area contributed by atoms with Crippen molar-refractivity contribution in [1.82, 2.24) is 4.98 Å². The topological polar surface area (TPSA) is 51.2 Å². The SMILES string of the molecule is COc1ccc(Cl)c2sc(NC(=O)Cc3c(C)cc(C)cc3C)nc12. The third-order valence-corrected chi connectivity index (χ3v) is 5.53. The molecular weight excluding hydrogens is 356 g/mol. The number of benzene rings is 2. The molecule has 1 heterocycles. The van der Waals surface area contributed by atoms with Gasteiger partial charge in [-0.1, -0.05) is 40.6 Å². The number of aryl methyl sites for hydroxylation is 3. The van der Waals surface area contributed by atoms with Crippen LogP contribution in [0.25, 0.3) is 10.2 Å². The Hall–Kier alpha value is -2.11. The molecule has 6 heteroatoms. The molecule has 0 unspecified atom stereocenters. The highest BCUT2D eigenvalue weighted by Crippen LogP contribution is 2.37. The fraction of sp³-hybridized carbons (Fsp3) is 0.263. The monoisotopic (exact) mass is 374 g/mol. The largest absolute Gasteiger partial charge is 0.494 e. The number of methoxy groups -OCH3 is 1. The van der Waals surface area contributed by atoms with Crippen molar-refractivity contribution in [2.45, 2.75) is 27.2 Å². The Balaban J connectivity index is 1.84. The van der Waals surface area contributed by atoms with Gasteiger partial charge in [0, 0.05) is 0 Å². The molecule has 1 amide bonds. The van der Waals surface area contributed by atoms with E-state index in [1.807, 2.05) is 13.8 Å². The maximum atomic E-state index is 12.5. The van der Waals surface area contributed by atoms with Gasteiger partial charge in [-0.05, 0) is 49.6 Å². The van der Waals surface area contributed by atoms with Gasteiger partial charge in [-0.25, -0.2) is 4.98 Å². The first-order valence-corrected chi connectivity index (χ1v) is 9.08. The first-order valence-electron chi connectivity index (χ1n) is 7.88. The first kappa shape index (κ1) is 17.7. The maximum absolute atomic E-state index is 12.5. The van der Waals surface area contributed by atoms with E-state index in [0.29, 0.717) is 27.8 Å². The van der Waals surface area contributed by atoms with E-state index < -0.39 is 0 Å². The highest BCUT2D eigenvalue weighted by atomic mass is 35.5. The summed E-state index contributed by atoms with van der Waals surface area (Å²) in [6.07, 6.45) is 0.318. The molecule has 4 nitrogen and oxygen atoms in total. The molecule has 0 aliphatic rings. The van der Waals surface area contributed by atoms with E-state index in [1.54, 1.807) is 19.2 Å². The summed E-state index contributed by atoms with van der Waals surface area (Å²) >= 11 is 7.57. The zero-order valence-corrected chi connectivity index (χ0v) is 16.1. The Morgan fingerprint density at radius 2 is 1.92 bits per heavy atom. The molecule has 0 saturated carbocycles. The second-order valence-electron chi connectivity index (χ2n) is 6.05. The van der Waals surface area contributed by atoms with Gasteiger partial charge in [-0.15, -0.1) is 0 Å². The highest BCUT2D eigenvalue weighted by molar-refractivity contribution is 7.23. The molecule has 3 aromatic rings. The van der Waals surface area contributed by atoms with Crippen LogP contribution >= 0.6 is 22.9 Å². The number of carbonyl (C=O) groups excluding carboxylic acids is 1. The van der Waals surface area contributed by atoms with Crippen LogP contribution in [-0.2, 0) is 11.2 Å². The minimum Gasteiger partial charge on any atom is -0.494 e. The third-order valence-electron chi connectivity index (χ3n) is 4.10. The molecule has 0 spiro atoms. The van der Waals surface area contributed by atoms with Crippen LogP contribution < -0.4 is 10.1 Å². The van der Waals surface area contributed by atoms with Crippen LogP contribution in [0.3, 0.4) is 0 Å². The number of nitrogens with one attached hydrogen (secondary N) is 1. The summed E-state index contributed by atoms with van der Waals surface area (Å²) in [5.41, 5.74) is 5.17. The maximum Gasteiger partial charge on any atom is 0.230 e. The molecule has 2 aromatic carbocycles. The van der Waals surface area contributed by atoms with Gasteiger partial charge in [-0.3, -0.25) is 4.79 Å². The second kappa shape index (κ2) is 7.02. The second-order valence-corrected chi connectivity index (χ2v) is 7.45. The molecule has 0 bridgehead atoms. The molecule has 1 aromatic heterocycles. The third kappa shape index (κ3) is 3.62. The number of amides is 1. The lowest BCUT2D eigenvalue weighted by atomic mass is 9.97. The van der Waals surface area contributed by atoms with Crippen LogP contribution in [0.5, 0.6) is 5.75 Å². The number of carbonyl (C=O) groups is 1. The van der Waals surface area contributed by atoms with Crippen molar-refractivity contribution in [2.75, 3.05) is 12.4 Å². The number of fused-ring (bicyclic) bond motifs is 1. The predicted octanol–water partition coefficient (Wildman–Crippen LogP) is 5.06.